The van der Waals surface area contributed by atoms with Gasteiger partial charge in [0.05, 0.1) is 13.1 Å². The summed E-state index contributed by atoms with van der Waals surface area (Å²) in [6.45, 7) is 4.68. The molecule has 0 saturated heterocycles. The lowest BCUT2D eigenvalue weighted by molar-refractivity contribution is -0.138. The second-order valence-electron chi connectivity index (χ2n) is 5.55. The van der Waals surface area contributed by atoms with Gasteiger partial charge in [-0.3, -0.25) is 14.5 Å². The van der Waals surface area contributed by atoms with E-state index in [1.165, 1.54) is 5.56 Å². The first-order chi connectivity index (χ1) is 10.0. The van der Waals surface area contributed by atoms with Crippen LogP contribution in [0, 0.1) is 0 Å². The average Bonchev–Trinajstić information content (AvgIpc) is 2.73. The fraction of sp³-hybridized carbons (Fsp3) is 0.500. The van der Waals surface area contributed by atoms with Crippen molar-refractivity contribution in [2.75, 3.05) is 24.5 Å². The molecule has 122 valence electrons. The molecule has 0 radical (unpaired) electrons. The van der Waals surface area contributed by atoms with Crippen LogP contribution in [0.3, 0.4) is 0 Å². The Balaban J connectivity index is 0.00000242. The molecule has 0 aliphatic carbocycles. The number of carboxylic acid groups (broad SMARTS) is 1. The summed E-state index contributed by atoms with van der Waals surface area (Å²) in [6.07, 6.45) is 1.68. The predicted octanol–water partition coefficient (Wildman–Crippen LogP) is 2.18. The summed E-state index contributed by atoms with van der Waals surface area (Å²) in [5.41, 5.74) is 2.14. The maximum absolute atomic E-state index is 12.6. The number of benzene rings is 1. The molecule has 0 bridgehead atoms. The van der Waals surface area contributed by atoms with E-state index >= 15 is 0 Å². The standard InChI is InChI=1S/C16H22N2O3.ClH/c1-3-8-17(11-16(20)21)10-15(19)18-12(2)9-13-6-4-5-7-14(13)18;/h4-7,12H,3,8-11H2,1-2H3,(H,20,21);1H. The summed E-state index contributed by atoms with van der Waals surface area (Å²) in [5.74, 6) is -0.923. The number of anilines is 1. The van der Waals surface area contributed by atoms with Crippen molar-refractivity contribution < 1.29 is 14.7 Å². The highest BCUT2D eigenvalue weighted by atomic mass is 35.5. The number of hydrogen-bond donors (Lipinski definition) is 1. The van der Waals surface area contributed by atoms with Gasteiger partial charge < -0.3 is 10.0 Å². The number of carboxylic acids is 1. The third-order valence-electron chi connectivity index (χ3n) is 3.73. The lowest BCUT2D eigenvalue weighted by Gasteiger charge is -2.26. The second-order valence-corrected chi connectivity index (χ2v) is 5.55. The Morgan fingerprint density at radius 2 is 2.00 bits per heavy atom. The molecule has 2 rings (SSSR count). The van der Waals surface area contributed by atoms with Gasteiger partial charge in [-0.2, -0.15) is 0 Å². The number of para-hydroxylation sites is 1. The van der Waals surface area contributed by atoms with Crippen LogP contribution in [0.25, 0.3) is 0 Å². The van der Waals surface area contributed by atoms with Crippen LogP contribution >= 0.6 is 12.4 Å². The number of rotatable bonds is 6. The van der Waals surface area contributed by atoms with Crippen molar-refractivity contribution in [2.24, 2.45) is 0 Å². The van der Waals surface area contributed by atoms with Crippen LogP contribution in [0.4, 0.5) is 5.69 Å². The van der Waals surface area contributed by atoms with E-state index in [0.29, 0.717) is 6.54 Å². The minimum Gasteiger partial charge on any atom is -0.480 e. The Morgan fingerprint density at radius 3 is 2.64 bits per heavy atom. The van der Waals surface area contributed by atoms with Crippen LogP contribution in [0.5, 0.6) is 0 Å². The Hall–Kier alpha value is -1.59. The van der Waals surface area contributed by atoms with E-state index in [1.54, 1.807) is 9.80 Å². The number of halogens is 1. The van der Waals surface area contributed by atoms with Crippen molar-refractivity contribution in [2.45, 2.75) is 32.7 Å². The van der Waals surface area contributed by atoms with Crippen molar-refractivity contribution in [3.05, 3.63) is 29.8 Å². The first kappa shape index (κ1) is 18.5. The quantitative estimate of drug-likeness (QED) is 0.870. The monoisotopic (exact) mass is 326 g/mol. The summed E-state index contributed by atoms with van der Waals surface area (Å²) >= 11 is 0. The summed E-state index contributed by atoms with van der Waals surface area (Å²) in [5, 5.41) is 8.93. The maximum Gasteiger partial charge on any atom is 0.317 e. The van der Waals surface area contributed by atoms with Crippen molar-refractivity contribution in [1.82, 2.24) is 4.90 Å². The minimum atomic E-state index is -0.897. The normalized spacial score (nSPS) is 16.3. The molecular formula is C16H23ClN2O3. The van der Waals surface area contributed by atoms with Gasteiger partial charge in [-0.1, -0.05) is 25.1 Å². The molecule has 0 aromatic heterocycles. The van der Waals surface area contributed by atoms with Crippen LogP contribution in [0.2, 0.25) is 0 Å². The number of carbonyl (C=O) groups excluding carboxylic acids is 1. The van der Waals surface area contributed by atoms with Crippen LogP contribution < -0.4 is 4.90 Å². The highest BCUT2D eigenvalue weighted by Gasteiger charge is 2.31. The predicted molar refractivity (Wildman–Crippen MR) is 88.7 cm³/mol. The molecule has 1 heterocycles. The summed E-state index contributed by atoms with van der Waals surface area (Å²) < 4.78 is 0. The molecule has 1 amide bonds. The van der Waals surface area contributed by atoms with Crippen LogP contribution in [-0.4, -0.2) is 47.6 Å². The molecular weight excluding hydrogens is 304 g/mol. The molecule has 1 aliphatic heterocycles. The number of hydrogen-bond acceptors (Lipinski definition) is 3. The summed E-state index contributed by atoms with van der Waals surface area (Å²) in [6, 6.07) is 8.03. The van der Waals surface area contributed by atoms with Gasteiger partial charge in [-0.15, -0.1) is 12.4 Å². The largest absolute Gasteiger partial charge is 0.480 e. The van der Waals surface area contributed by atoms with E-state index in [1.807, 2.05) is 38.1 Å². The third kappa shape index (κ3) is 4.21. The fourth-order valence-electron chi connectivity index (χ4n) is 2.93. The number of aliphatic carboxylic acids is 1. The number of carbonyl (C=O) groups is 2. The lowest BCUT2D eigenvalue weighted by Crippen LogP contribution is -2.44. The first-order valence-corrected chi connectivity index (χ1v) is 7.37. The molecule has 1 atom stereocenters. The van der Waals surface area contributed by atoms with E-state index < -0.39 is 5.97 Å². The van der Waals surface area contributed by atoms with E-state index in [-0.39, 0.29) is 37.4 Å². The molecule has 1 aromatic rings. The zero-order chi connectivity index (χ0) is 15.4. The van der Waals surface area contributed by atoms with Crippen LogP contribution in [0.1, 0.15) is 25.8 Å². The first-order valence-electron chi connectivity index (χ1n) is 7.37. The van der Waals surface area contributed by atoms with Gasteiger partial charge in [0.2, 0.25) is 5.91 Å². The number of amides is 1. The molecule has 5 nitrogen and oxygen atoms in total. The SMILES string of the molecule is CCCN(CC(=O)O)CC(=O)N1c2ccccc2CC1C.Cl. The minimum absolute atomic E-state index is 0. The molecule has 0 saturated carbocycles. The Kier molecular flexibility index (Phi) is 6.84. The third-order valence-corrected chi connectivity index (χ3v) is 3.73. The van der Waals surface area contributed by atoms with E-state index in [2.05, 4.69) is 0 Å². The van der Waals surface area contributed by atoms with Crippen molar-refractivity contribution in [3.63, 3.8) is 0 Å². The zero-order valence-corrected chi connectivity index (χ0v) is 13.8. The van der Waals surface area contributed by atoms with Gasteiger partial charge >= 0.3 is 5.97 Å². The molecule has 22 heavy (non-hydrogen) atoms. The average molecular weight is 327 g/mol. The van der Waals surface area contributed by atoms with Gasteiger partial charge in [0, 0.05) is 11.7 Å². The van der Waals surface area contributed by atoms with E-state index in [9.17, 15) is 9.59 Å². The molecule has 0 fully saturated rings. The Morgan fingerprint density at radius 1 is 1.32 bits per heavy atom. The molecule has 1 N–H and O–H groups in total. The lowest BCUT2D eigenvalue weighted by atomic mass is 10.1. The fourth-order valence-corrected chi connectivity index (χ4v) is 2.93. The van der Waals surface area contributed by atoms with Gasteiger partial charge in [0.25, 0.3) is 0 Å². The topological polar surface area (TPSA) is 60.9 Å². The highest BCUT2D eigenvalue weighted by Crippen LogP contribution is 2.31. The second kappa shape index (κ2) is 8.15. The number of fused-ring (bicyclic) bond motifs is 1. The number of nitrogens with zero attached hydrogens (tertiary/aromatic N) is 2. The Labute approximate surface area is 137 Å². The van der Waals surface area contributed by atoms with Crippen molar-refractivity contribution >= 4 is 30.0 Å². The van der Waals surface area contributed by atoms with Gasteiger partial charge in [-0.05, 0) is 37.9 Å². The zero-order valence-electron chi connectivity index (χ0n) is 13.0. The van der Waals surface area contributed by atoms with Gasteiger partial charge in [0.15, 0.2) is 0 Å². The maximum atomic E-state index is 12.6. The molecule has 1 aromatic carbocycles. The smallest absolute Gasteiger partial charge is 0.317 e. The highest BCUT2D eigenvalue weighted by molar-refractivity contribution is 5.97. The summed E-state index contributed by atoms with van der Waals surface area (Å²) in [7, 11) is 0. The van der Waals surface area contributed by atoms with Gasteiger partial charge in [-0.25, -0.2) is 0 Å². The van der Waals surface area contributed by atoms with Crippen LogP contribution in [-0.2, 0) is 16.0 Å². The van der Waals surface area contributed by atoms with Crippen LogP contribution in [0.15, 0.2) is 24.3 Å². The van der Waals surface area contributed by atoms with E-state index in [0.717, 1.165) is 18.5 Å². The Bertz CT molecular complexity index is 536. The molecule has 1 aliphatic rings. The molecule has 6 heteroatoms. The van der Waals surface area contributed by atoms with Gasteiger partial charge in [0.1, 0.15) is 0 Å². The molecule has 1 unspecified atom stereocenters. The summed E-state index contributed by atoms with van der Waals surface area (Å²) in [4.78, 5) is 27.0. The van der Waals surface area contributed by atoms with Crippen molar-refractivity contribution in [1.29, 1.82) is 0 Å². The van der Waals surface area contributed by atoms with E-state index in [4.69, 9.17) is 5.11 Å². The van der Waals surface area contributed by atoms with Crippen molar-refractivity contribution in [3.8, 4) is 0 Å². The molecule has 0 spiro atoms.